The van der Waals surface area contributed by atoms with Gasteiger partial charge in [0, 0.05) is 205 Å². The van der Waals surface area contributed by atoms with E-state index in [1.807, 2.05) is 187 Å². The van der Waals surface area contributed by atoms with E-state index in [0.717, 1.165) is 142 Å². The number of hydrogen-bond acceptors (Lipinski definition) is 23. The zero-order valence-corrected chi connectivity index (χ0v) is 106. The average molecular weight is 2520 g/mol. The summed E-state index contributed by atoms with van der Waals surface area (Å²) in [6.07, 6.45) is 18.4. The Hall–Kier alpha value is -2.32. The Bertz CT molecular complexity index is 6040. The fourth-order valence-electron chi connectivity index (χ4n) is 18.1. The number of aliphatic hydroxyl groups excluding tert-OH is 5. The molecule has 4 aromatic heterocycles. The van der Waals surface area contributed by atoms with Gasteiger partial charge in [0.1, 0.15) is 5.82 Å². The third-order valence-corrected chi connectivity index (χ3v) is 39.6. The molecule has 24 nitrogen and oxygen atoms in total. The van der Waals surface area contributed by atoms with Crippen LogP contribution >= 0.6 is 45.8 Å². The van der Waals surface area contributed by atoms with E-state index in [4.69, 9.17) is 9.47 Å². The molecule has 5 saturated heterocycles. The second-order valence-electron chi connectivity index (χ2n) is 38.0. The Labute approximate surface area is 1000 Å². The van der Waals surface area contributed by atoms with E-state index in [2.05, 4.69) is 73.9 Å². The van der Waals surface area contributed by atoms with Gasteiger partial charge in [-0.25, -0.2) is 57.4 Å². The predicted octanol–water partition coefficient (Wildman–Crippen LogP) is 20.5. The predicted molar refractivity (Wildman–Crippen MR) is 566 cm³/mol. The minimum Gasteiger partial charge on any atom is -0.665 e. The molecule has 9 unspecified atom stereocenters. The fraction of sp³-hybridized carbons (Fsp3) is 0.491. The number of pyridine rings is 1. The minimum absolute atomic E-state index is 0. The molecule has 144 heavy (non-hydrogen) atoms. The molecule has 5 fully saturated rings. The van der Waals surface area contributed by atoms with E-state index < -0.39 is 79.9 Å². The van der Waals surface area contributed by atoms with Crippen LogP contribution in [0.5, 0.6) is 5.75 Å². The Morgan fingerprint density at radius 1 is 0.479 bits per heavy atom. The van der Waals surface area contributed by atoms with Crippen LogP contribution in [-0.2, 0) is 261 Å². The standard InChI is InChI=1S/C24H34NO3S2.C23H33N2O4S2.C21H26NO4S.C21H26NO3S.C17H21N2O3S3.5Y/c1-4-5-11-23(26)24(2,3)19-12-14-21(15-13-19)25-20(16-18-30(25,27)28)8-6-9-22-10-7-17-29-22;1-4-5-6-9-21(26)23(2,3)18-10-11-22(24-15-18)25-19(12-14-31(25,27)28)16-29-17-20-8-7-13-30-20;1-21(2,15-23)17-7-9-18(10-8-17)22-19(11-12-27(22,24)25)13-16-5-4-6-20(14-16)26-3;1-3-5-21(23)18-10-12-19(13-11-18)22-20(14-15-26(22,24)25)17-8-6-16(4-2)7-9-17;1-2-16(20)13-3-5-14(6-4-13)19-15(8-12-25(19,21)22)7-10-23-17-18-9-11-24-17;;;;;/h7,10,12-15,20,23,26H,4-6,8-9,11,16,18H2,1-3H3;7-8,10-11,15,19,21,26H,4-6,9,12,14,16-17H2,1-3H3;4-10,14,19,23H,3,11-13,15H2,1-2H3;6-13,20-21,23H,2-5,14-15H2,1H3;3-6,9,15-16,20H,2,7-8,10,12H2,1H3;;;;;/q5*-1;;;;;. The van der Waals surface area contributed by atoms with Crippen molar-refractivity contribution in [1.82, 2.24) is 9.97 Å². The second-order valence-corrected chi connectivity index (χ2v) is 51.9. The number of aliphatic hydroxyl groups is 5. The number of rotatable bonds is 40. The molecule has 0 spiro atoms. The molecule has 15 rings (SSSR count). The molecular weight excluding hydrogens is 2380 g/mol. The third-order valence-electron chi connectivity index (χ3n) is 26.9. The molecule has 5 aliphatic heterocycles. The number of aryl methyl sites for hydroxylation is 1. The monoisotopic (exact) mass is 2520 g/mol. The van der Waals surface area contributed by atoms with Crippen LogP contribution in [0, 0.1) is 30.2 Å². The van der Waals surface area contributed by atoms with Crippen LogP contribution in [0.4, 0.5) is 28.6 Å². The zero-order valence-electron chi connectivity index (χ0n) is 84.6. The molecule has 775 valence electrons. The van der Waals surface area contributed by atoms with Crippen molar-refractivity contribution in [1.29, 1.82) is 0 Å². The van der Waals surface area contributed by atoms with Crippen molar-refractivity contribution in [3.63, 3.8) is 0 Å². The van der Waals surface area contributed by atoms with Crippen LogP contribution in [0.1, 0.15) is 257 Å². The normalized spacial score (nSPS) is 19.2. The molecule has 6 aromatic carbocycles. The van der Waals surface area contributed by atoms with Crippen LogP contribution < -0.4 is 26.3 Å². The van der Waals surface area contributed by atoms with Crippen LogP contribution in [-0.4, -0.2) is 162 Å². The number of thiazole rings is 1. The molecule has 0 amide bonds. The Balaban J connectivity index is 0.000000273. The third kappa shape index (κ3) is 35.9. The van der Waals surface area contributed by atoms with Gasteiger partial charge in [-0.3, -0.25) is 28.6 Å². The van der Waals surface area contributed by atoms with E-state index in [-0.39, 0.29) is 240 Å². The van der Waals surface area contributed by atoms with Crippen molar-refractivity contribution in [2.75, 3.05) is 69.3 Å². The summed E-state index contributed by atoms with van der Waals surface area (Å²) in [7, 11) is -13.2. The Kier molecular flexibility index (Phi) is 55.4. The van der Waals surface area contributed by atoms with Gasteiger partial charge in [0.05, 0.1) is 113 Å². The maximum absolute atomic E-state index is 12.8. The number of unbranched alkanes of at least 4 members (excludes halogenated alkanes) is 3. The first kappa shape index (κ1) is 130. The van der Waals surface area contributed by atoms with Gasteiger partial charge in [-0.05, 0) is 193 Å². The number of thiophene rings is 2. The topological polar surface area (TPSA) is 332 Å². The van der Waals surface area contributed by atoms with E-state index in [0.29, 0.717) is 99.6 Å². The number of ether oxygens (including phenoxy) is 2. The van der Waals surface area contributed by atoms with Gasteiger partial charge in [0.15, 0.2) is 0 Å². The number of hydrogen-bond donors (Lipinski definition) is 5. The molecule has 9 heterocycles. The number of nitrogens with zero attached hydrogens (tertiary/aromatic N) is 7. The van der Waals surface area contributed by atoms with Crippen LogP contribution in [0.3, 0.4) is 0 Å². The molecule has 38 heteroatoms. The van der Waals surface area contributed by atoms with E-state index in [1.165, 1.54) is 36.2 Å². The van der Waals surface area contributed by atoms with Crippen LogP contribution in [0.15, 0.2) is 199 Å². The van der Waals surface area contributed by atoms with Gasteiger partial charge < -0.3 is 69.6 Å². The van der Waals surface area contributed by atoms with Gasteiger partial charge in [-0.1, -0.05) is 223 Å². The summed E-state index contributed by atoms with van der Waals surface area (Å²) in [5.74, 6) is 2.69. The first-order valence-corrected chi connectivity index (χ1v) is 59.8. The molecule has 5 radical (unpaired) electrons. The van der Waals surface area contributed by atoms with Crippen molar-refractivity contribution in [2.45, 2.75) is 286 Å². The summed E-state index contributed by atoms with van der Waals surface area (Å²) in [5.41, 5.74) is 9.26. The van der Waals surface area contributed by atoms with Gasteiger partial charge >= 0.3 is 0 Å². The van der Waals surface area contributed by atoms with Crippen LogP contribution in [0.2, 0.25) is 0 Å². The second kappa shape index (κ2) is 61.3. The first-order valence-electron chi connectivity index (χ1n) is 48.4. The number of aromatic nitrogens is 2. The molecule has 10 aromatic rings. The smallest absolute Gasteiger partial charge is 0.236 e. The molecule has 9 atom stereocenters. The number of thioether (sulfide) groups is 1. The van der Waals surface area contributed by atoms with Gasteiger partial charge in [0.2, 0.25) is 50.1 Å². The number of sulfonamides is 5. The Morgan fingerprint density at radius 2 is 0.965 bits per heavy atom. The van der Waals surface area contributed by atoms with Crippen molar-refractivity contribution < 1.29 is 241 Å². The summed E-state index contributed by atoms with van der Waals surface area (Å²) < 4.78 is 146. The van der Waals surface area contributed by atoms with Crippen molar-refractivity contribution >= 4 is 124 Å². The van der Waals surface area contributed by atoms with Gasteiger partial charge in [0.25, 0.3) is 0 Å². The largest absolute Gasteiger partial charge is 0.665 e. The fourth-order valence-corrected chi connectivity index (χ4v) is 30.1. The molecule has 5 aliphatic rings. The quantitative estimate of drug-likeness (QED) is 0.0135. The molecule has 5 N–H and O–H groups in total. The summed E-state index contributed by atoms with van der Waals surface area (Å²) in [4.78, 5) is 11.0. The van der Waals surface area contributed by atoms with E-state index in [1.54, 1.807) is 78.7 Å². The SMILES string of the molecule is CCC(O)c1ccc(N2C(CCSc3nc[c-]s3)CCS2(=O)=O)cc1.CCCCC(O)C(C)(C)c1ccc(N2C(CCCc3cc[c-]s3)CCS2(=O)=O)cc1.CCCCCC(O)C(C)(C)c1ccc(N2C(COCc3cc[c-]s3)CCS2(=O)=O)nc1.[CH2-]Cc1ccc(C2CCS(=O)(=O)N2c2ccc(C(O)CCC)cc2)cc1.[CH2-]Oc1cccc(CC2CCS(=O)(=O)N2c2ccc(C(C)(C)CO)cc2)c1.[Y].[Y].[Y].[Y].[Y]. The summed E-state index contributed by atoms with van der Waals surface area (Å²) >= 11 is 6.26. The van der Waals surface area contributed by atoms with E-state index in [9.17, 15) is 67.6 Å². The van der Waals surface area contributed by atoms with Gasteiger partial charge in [-0.2, -0.15) is 48.9 Å². The minimum atomic E-state index is -3.42. The molecule has 0 aliphatic carbocycles. The molecular formula is C106H140N7O17S9Y5-5. The van der Waals surface area contributed by atoms with Crippen molar-refractivity contribution in [3.05, 3.63) is 279 Å². The summed E-state index contributed by atoms with van der Waals surface area (Å²) in [5, 5.41) is 60.0. The first-order chi connectivity index (χ1) is 66.2. The van der Waals surface area contributed by atoms with Gasteiger partial charge in [-0.15, -0.1) is 20.5 Å². The van der Waals surface area contributed by atoms with Crippen molar-refractivity contribution in [3.8, 4) is 5.75 Å². The maximum atomic E-state index is 12.8. The zero-order chi connectivity index (χ0) is 101. The average Bonchev–Trinajstić information content (AvgIpc) is 1.62. The van der Waals surface area contributed by atoms with Crippen LogP contribution in [0.25, 0.3) is 0 Å². The van der Waals surface area contributed by atoms with E-state index >= 15 is 0 Å². The summed E-state index contributed by atoms with van der Waals surface area (Å²) in [6.45, 7) is 24.9. The maximum Gasteiger partial charge on any atom is 0.236 e. The van der Waals surface area contributed by atoms with Crippen molar-refractivity contribution in [2.24, 2.45) is 0 Å². The number of anilines is 5. The number of benzene rings is 6. The Morgan fingerprint density at radius 3 is 1.47 bits per heavy atom. The molecule has 0 saturated carbocycles. The summed E-state index contributed by atoms with van der Waals surface area (Å²) in [6, 6.07) is 56.2. The molecule has 0 bridgehead atoms.